The molecule has 0 aliphatic carbocycles. The lowest BCUT2D eigenvalue weighted by atomic mass is 10.0. The van der Waals surface area contributed by atoms with E-state index in [1.54, 1.807) is 7.11 Å². The fourth-order valence-corrected chi connectivity index (χ4v) is 3.24. The monoisotopic (exact) mass is 338 g/mol. The van der Waals surface area contributed by atoms with Gasteiger partial charge in [-0.1, -0.05) is 51.8 Å². The van der Waals surface area contributed by atoms with E-state index >= 15 is 0 Å². The quantitative estimate of drug-likeness (QED) is 0.684. The Morgan fingerprint density at radius 3 is 2.42 bits per heavy atom. The molecule has 1 atom stereocenters. The highest BCUT2D eigenvalue weighted by Gasteiger charge is 2.12. The van der Waals surface area contributed by atoms with Gasteiger partial charge in [-0.2, -0.15) is 0 Å². The van der Waals surface area contributed by atoms with E-state index in [4.69, 9.17) is 16.3 Å². The standard InChI is InChI=1S/C16H16BrClO/c1-11-3-8-14(16(18)9-11)15(17)10-12-4-6-13(19-2)7-5-12/h3-9,15H,10H2,1-2H3. The lowest BCUT2D eigenvalue weighted by Gasteiger charge is -2.13. The highest BCUT2D eigenvalue weighted by molar-refractivity contribution is 9.09. The Morgan fingerprint density at radius 1 is 1.16 bits per heavy atom. The fraction of sp³-hybridized carbons (Fsp3) is 0.250. The minimum absolute atomic E-state index is 0.217. The molecule has 0 bridgehead atoms. The summed E-state index contributed by atoms with van der Waals surface area (Å²) in [6, 6.07) is 14.3. The summed E-state index contributed by atoms with van der Waals surface area (Å²) in [7, 11) is 1.67. The van der Waals surface area contributed by atoms with Gasteiger partial charge < -0.3 is 4.74 Å². The van der Waals surface area contributed by atoms with Gasteiger partial charge in [-0.25, -0.2) is 0 Å². The first-order chi connectivity index (χ1) is 9.10. The average molecular weight is 340 g/mol. The molecule has 2 rings (SSSR count). The molecule has 19 heavy (non-hydrogen) atoms. The van der Waals surface area contributed by atoms with Crippen molar-refractivity contribution < 1.29 is 4.74 Å². The maximum atomic E-state index is 6.29. The molecule has 0 spiro atoms. The third-order valence-corrected chi connectivity index (χ3v) is 4.21. The summed E-state index contributed by atoms with van der Waals surface area (Å²) in [5.41, 5.74) is 3.56. The van der Waals surface area contributed by atoms with Crippen LogP contribution in [0.3, 0.4) is 0 Å². The molecular weight excluding hydrogens is 324 g/mol. The second-order valence-electron chi connectivity index (χ2n) is 4.54. The maximum absolute atomic E-state index is 6.29. The fourth-order valence-electron chi connectivity index (χ4n) is 1.96. The Balaban J connectivity index is 2.13. The second-order valence-corrected chi connectivity index (χ2v) is 6.06. The van der Waals surface area contributed by atoms with Crippen molar-refractivity contribution >= 4 is 27.5 Å². The first-order valence-electron chi connectivity index (χ1n) is 6.13. The average Bonchev–Trinajstić information content (AvgIpc) is 2.39. The Labute approximate surface area is 127 Å². The van der Waals surface area contributed by atoms with Crippen LogP contribution in [0.1, 0.15) is 21.5 Å². The molecule has 2 aromatic rings. The number of hydrogen-bond acceptors (Lipinski definition) is 1. The van der Waals surface area contributed by atoms with Crippen LogP contribution in [-0.4, -0.2) is 7.11 Å². The molecule has 2 aromatic carbocycles. The van der Waals surface area contributed by atoms with Crippen LogP contribution in [0.15, 0.2) is 42.5 Å². The van der Waals surface area contributed by atoms with Gasteiger partial charge in [0.1, 0.15) is 5.75 Å². The maximum Gasteiger partial charge on any atom is 0.118 e. The van der Waals surface area contributed by atoms with Gasteiger partial charge in [-0.05, 0) is 48.2 Å². The lowest BCUT2D eigenvalue weighted by molar-refractivity contribution is 0.414. The van der Waals surface area contributed by atoms with Gasteiger partial charge in [0, 0.05) is 9.85 Å². The van der Waals surface area contributed by atoms with Gasteiger partial charge >= 0.3 is 0 Å². The summed E-state index contributed by atoms with van der Waals surface area (Å²) < 4.78 is 5.16. The molecule has 0 fully saturated rings. The molecule has 0 N–H and O–H groups in total. The van der Waals surface area contributed by atoms with Crippen LogP contribution >= 0.6 is 27.5 Å². The number of aryl methyl sites for hydroxylation is 1. The highest BCUT2D eigenvalue weighted by atomic mass is 79.9. The molecule has 0 heterocycles. The first-order valence-corrected chi connectivity index (χ1v) is 7.42. The van der Waals surface area contributed by atoms with Gasteiger partial charge in [0.2, 0.25) is 0 Å². The van der Waals surface area contributed by atoms with Crippen molar-refractivity contribution in [1.29, 1.82) is 0 Å². The van der Waals surface area contributed by atoms with Crippen LogP contribution in [0.25, 0.3) is 0 Å². The van der Waals surface area contributed by atoms with Gasteiger partial charge in [-0.3, -0.25) is 0 Å². The molecule has 0 aliphatic heterocycles. The number of rotatable bonds is 4. The summed E-state index contributed by atoms with van der Waals surface area (Å²) in [5.74, 6) is 0.878. The van der Waals surface area contributed by atoms with E-state index < -0.39 is 0 Å². The van der Waals surface area contributed by atoms with Crippen molar-refractivity contribution in [1.82, 2.24) is 0 Å². The molecule has 0 saturated carbocycles. The van der Waals surface area contributed by atoms with Crippen LogP contribution in [0.2, 0.25) is 5.02 Å². The smallest absolute Gasteiger partial charge is 0.118 e. The van der Waals surface area contributed by atoms with E-state index in [-0.39, 0.29) is 4.83 Å². The van der Waals surface area contributed by atoms with Gasteiger partial charge in [-0.15, -0.1) is 0 Å². The van der Waals surface area contributed by atoms with Gasteiger partial charge in [0.15, 0.2) is 0 Å². The lowest BCUT2D eigenvalue weighted by Crippen LogP contribution is -1.97. The molecule has 1 unspecified atom stereocenters. The van der Waals surface area contributed by atoms with E-state index in [2.05, 4.69) is 40.2 Å². The molecule has 1 nitrogen and oxygen atoms in total. The third-order valence-electron chi connectivity index (χ3n) is 3.07. The topological polar surface area (TPSA) is 9.23 Å². The number of halogens is 2. The Bertz CT molecular complexity index is 551. The minimum Gasteiger partial charge on any atom is -0.497 e. The van der Waals surface area contributed by atoms with Crippen LogP contribution in [0, 0.1) is 6.92 Å². The van der Waals surface area contributed by atoms with E-state index in [0.717, 1.165) is 22.8 Å². The Morgan fingerprint density at radius 2 is 1.84 bits per heavy atom. The van der Waals surface area contributed by atoms with Crippen LogP contribution in [0.4, 0.5) is 0 Å². The zero-order chi connectivity index (χ0) is 13.8. The summed E-state index contributed by atoms with van der Waals surface area (Å²) in [5, 5.41) is 0.815. The van der Waals surface area contributed by atoms with Crippen molar-refractivity contribution in [3.8, 4) is 5.75 Å². The van der Waals surface area contributed by atoms with Crippen molar-refractivity contribution in [2.45, 2.75) is 18.2 Å². The Hall–Kier alpha value is -0.990. The number of alkyl halides is 1. The number of ether oxygens (including phenoxy) is 1. The number of methoxy groups -OCH3 is 1. The Kier molecular flexibility index (Phi) is 4.89. The van der Waals surface area contributed by atoms with E-state index in [1.165, 1.54) is 11.1 Å². The molecule has 100 valence electrons. The summed E-state index contributed by atoms with van der Waals surface area (Å²) >= 11 is 10.0. The van der Waals surface area contributed by atoms with E-state index in [9.17, 15) is 0 Å². The first kappa shape index (κ1) is 14.4. The van der Waals surface area contributed by atoms with Crippen LogP contribution < -0.4 is 4.74 Å². The predicted molar refractivity (Wildman–Crippen MR) is 84.6 cm³/mol. The van der Waals surface area contributed by atoms with Crippen LogP contribution in [-0.2, 0) is 6.42 Å². The van der Waals surface area contributed by atoms with E-state index in [0.29, 0.717) is 0 Å². The van der Waals surface area contributed by atoms with Gasteiger partial charge in [0.25, 0.3) is 0 Å². The highest BCUT2D eigenvalue weighted by Crippen LogP contribution is 2.33. The van der Waals surface area contributed by atoms with Gasteiger partial charge in [0.05, 0.1) is 7.11 Å². The molecule has 0 aromatic heterocycles. The predicted octanol–water partition coefficient (Wildman–Crippen LogP) is 5.34. The molecule has 0 saturated heterocycles. The van der Waals surface area contributed by atoms with Crippen LogP contribution in [0.5, 0.6) is 5.75 Å². The molecule has 3 heteroatoms. The number of benzene rings is 2. The zero-order valence-electron chi connectivity index (χ0n) is 11.0. The normalized spacial score (nSPS) is 12.2. The van der Waals surface area contributed by atoms with Crippen molar-refractivity contribution in [3.05, 3.63) is 64.2 Å². The molecule has 0 aliphatic rings. The number of hydrogen-bond donors (Lipinski definition) is 0. The second kappa shape index (κ2) is 6.44. The van der Waals surface area contributed by atoms with Crippen molar-refractivity contribution in [3.63, 3.8) is 0 Å². The van der Waals surface area contributed by atoms with Crippen molar-refractivity contribution in [2.24, 2.45) is 0 Å². The molecule has 0 amide bonds. The zero-order valence-corrected chi connectivity index (χ0v) is 13.3. The summed E-state index contributed by atoms with van der Waals surface area (Å²) in [6.45, 7) is 2.04. The summed E-state index contributed by atoms with van der Waals surface area (Å²) in [4.78, 5) is 0.217. The molecule has 0 radical (unpaired) electrons. The third kappa shape index (κ3) is 3.74. The molecular formula is C16H16BrClO. The summed E-state index contributed by atoms with van der Waals surface area (Å²) in [6.07, 6.45) is 0.896. The van der Waals surface area contributed by atoms with E-state index in [1.807, 2.05) is 25.1 Å². The van der Waals surface area contributed by atoms with Crippen molar-refractivity contribution in [2.75, 3.05) is 7.11 Å². The SMILES string of the molecule is COc1ccc(CC(Br)c2ccc(C)cc2Cl)cc1. The largest absolute Gasteiger partial charge is 0.497 e. The minimum atomic E-state index is 0.217.